The van der Waals surface area contributed by atoms with Gasteiger partial charge in [-0.25, -0.2) is 8.42 Å². The first kappa shape index (κ1) is 30.2. The van der Waals surface area contributed by atoms with Gasteiger partial charge in [0.25, 0.3) is 0 Å². The molecule has 3 rings (SSSR count). The number of hydrogen-bond acceptors (Lipinski definition) is 7. The van der Waals surface area contributed by atoms with Crippen LogP contribution in [0.2, 0.25) is 0 Å². The van der Waals surface area contributed by atoms with Crippen LogP contribution in [0.3, 0.4) is 0 Å². The monoisotopic (exact) mass is 547 g/mol. The lowest BCUT2D eigenvalue weighted by molar-refractivity contribution is -0.115. The Labute approximate surface area is 221 Å². The second kappa shape index (κ2) is 15.3. The fourth-order valence-electron chi connectivity index (χ4n) is 2.81. The summed E-state index contributed by atoms with van der Waals surface area (Å²) < 4.78 is 42.2. The van der Waals surface area contributed by atoms with Crippen LogP contribution in [0.15, 0.2) is 83.8 Å². The highest BCUT2D eigenvalue weighted by Gasteiger charge is 2.10. The zero-order valence-corrected chi connectivity index (χ0v) is 22.8. The Kier molecular flexibility index (Phi) is 12.4. The quantitative estimate of drug-likeness (QED) is 0.278. The molecular formula is C27H33NO7S2. The van der Waals surface area contributed by atoms with Gasteiger partial charge in [0.15, 0.2) is 0 Å². The van der Waals surface area contributed by atoms with E-state index in [2.05, 4.69) is 17.8 Å². The number of rotatable bonds is 11. The SMILES string of the molecule is C[S+](C)CCC(=O)Nc1ccc(OCC(O)COc2ccccc2)cc1.Cc1ccc(S(=O)(=O)[O-])cc1. The summed E-state index contributed by atoms with van der Waals surface area (Å²) in [5.74, 6) is 2.26. The van der Waals surface area contributed by atoms with E-state index in [0.717, 1.165) is 17.0 Å². The standard InChI is InChI=1S/C20H25NO4S.C7H8O3S/c1-26(2)13-12-20(23)21-16-8-10-19(11-9-16)25-15-17(22)14-24-18-6-4-3-5-7-18;1-6-2-4-7(5-3-6)11(8,9)10/h3-11,17,22H,12-15H2,1-2H3;2-5H,1H3,(H,8,9,10). The van der Waals surface area contributed by atoms with E-state index in [4.69, 9.17) is 9.47 Å². The minimum absolute atomic E-state index is 0.0216. The number of aliphatic hydroxyl groups excluding tert-OH is 1. The molecular weight excluding hydrogens is 514 g/mol. The van der Waals surface area contributed by atoms with Crippen molar-refractivity contribution in [3.05, 3.63) is 84.4 Å². The molecule has 0 spiro atoms. The molecule has 1 atom stereocenters. The maximum Gasteiger partial charge on any atom is 0.229 e. The van der Waals surface area contributed by atoms with Gasteiger partial charge in [0.05, 0.1) is 23.8 Å². The lowest BCUT2D eigenvalue weighted by Crippen LogP contribution is -2.25. The molecule has 3 aromatic rings. The zero-order chi connectivity index (χ0) is 27.3. The van der Waals surface area contributed by atoms with E-state index in [9.17, 15) is 22.9 Å². The first-order valence-electron chi connectivity index (χ1n) is 11.5. The van der Waals surface area contributed by atoms with Crippen molar-refractivity contribution >= 4 is 32.6 Å². The Hall–Kier alpha value is -3.05. The van der Waals surface area contributed by atoms with Crippen LogP contribution in [0.25, 0.3) is 0 Å². The Morgan fingerprint density at radius 1 is 0.919 bits per heavy atom. The number of benzene rings is 3. The number of para-hydroxylation sites is 1. The third-order valence-corrected chi connectivity index (χ3v) is 6.68. The van der Waals surface area contributed by atoms with E-state index >= 15 is 0 Å². The molecule has 200 valence electrons. The molecule has 0 aliphatic carbocycles. The van der Waals surface area contributed by atoms with Gasteiger partial charge in [0.1, 0.15) is 46.7 Å². The number of hydrogen-bond donors (Lipinski definition) is 2. The smallest absolute Gasteiger partial charge is 0.229 e. The highest BCUT2D eigenvalue weighted by molar-refractivity contribution is 7.95. The average molecular weight is 548 g/mol. The van der Waals surface area contributed by atoms with E-state index < -0.39 is 16.2 Å². The van der Waals surface area contributed by atoms with Gasteiger partial charge in [0.2, 0.25) is 5.91 Å². The summed E-state index contributed by atoms with van der Waals surface area (Å²) in [7, 11) is -4.00. The van der Waals surface area contributed by atoms with E-state index in [-0.39, 0.29) is 34.9 Å². The van der Waals surface area contributed by atoms with Crippen molar-refractivity contribution in [1.29, 1.82) is 0 Å². The molecule has 0 saturated carbocycles. The first-order chi connectivity index (χ1) is 17.5. The van der Waals surface area contributed by atoms with Crippen molar-refractivity contribution in [2.45, 2.75) is 24.3 Å². The number of carbonyl (C=O) groups excluding carboxylic acids is 1. The van der Waals surface area contributed by atoms with E-state index in [1.54, 1.807) is 36.4 Å². The summed E-state index contributed by atoms with van der Waals surface area (Å²) in [6.45, 7) is 2.11. The minimum Gasteiger partial charge on any atom is -0.744 e. The van der Waals surface area contributed by atoms with E-state index in [0.29, 0.717) is 17.9 Å². The molecule has 37 heavy (non-hydrogen) atoms. The maximum absolute atomic E-state index is 11.8. The molecule has 0 aliphatic heterocycles. The number of nitrogens with one attached hydrogen (secondary N) is 1. The number of ether oxygens (including phenoxy) is 2. The highest BCUT2D eigenvalue weighted by Crippen LogP contribution is 2.16. The minimum atomic E-state index is -4.27. The van der Waals surface area contributed by atoms with Crippen LogP contribution in [-0.4, -0.2) is 61.6 Å². The molecule has 8 nitrogen and oxygen atoms in total. The molecule has 0 fully saturated rings. The molecule has 0 heterocycles. The van der Waals surface area contributed by atoms with Crippen LogP contribution >= 0.6 is 0 Å². The van der Waals surface area contributed by atoms with E-state index in [1.807, 2.05) is 37.3 Å². The average Bonchev–Trinajstić information content (AvgIpc) is 2.86. The van der Waals surface area contributed by atoms with Gasteiger partial charge in [-0.05, 0) is 66.3 Å². The summed E-state index contributed by atoms with van der Waals surface area (Å²) in [6, 6.07) is 22.2. The molecule has 0 radical (unpaired) electrons. The van der Waals surface area contributed by atoms with Gasteiger partial charge in [-0.2, -0.15) is 0 Å². The molecule has 0 aromatic heterocycles. The fraction of sp³-hybridized carbons (Fsp3) is 0.296. The van der Waals surface area contributed by atoms with Crippen LogP contribution in [0.4, 0.5) is 5.69 Å². The van der Waals surface area contributed by atoms with Crippen LogP contribution in [0.1, 0.15) is 12.0 Å². The largest absolute Gasteiger partial charge is 0.744 e. The van der Waals surface area contributed by atoms with Crippen molar-refractivity contribution in [1.82, 2.24) is 0 Å². The Morgan fingerprint density at radius 2 is 1.46 bits per heavy atom. The molecule has 2 N–H and O–H groups in total. The number of carbonyl (C=O) groups is 1. The Balaban J connectivity index is 0.000000364. The van der Waals surface area contributed by atoms with Gasteiger partial charge in [-0.1, -0.05) is 35.9 Å². The van der Waals surface area contributed by atoms with Gasteiger partial charge >= 0.3 is 0 Å². The molecule has 0 saturated heterocycles. The number of aliphatic hydroxyl groups is 1. The topological polar surface area (TPSA) is 125 Å². The zero-order valence-electron chi connectivity index (χ0n) is 21.1. The molecule has 1 amide bonds. The van der Waals surface area contributed by atoms with Crippen LogP contribution in [-0.2, 0) is 25.8 Å². The molecule has 1 unspecified atom stereocenters. The summed E-state index contributed by atoms with van der Waals surface area (Å²) in [4.78, 5) is 11.6. The summed E-state index contributed by atoms with van der Waals surface area (Å²) >= 11 is 0. The van der Waals surface area contributed by atoms with Gasteiger partial charge in [-0.15, -0.1) is 0 Å². The van der Waals surface area contributed by atoms with Crippen LogP contribution in [0.5, 0.6) is 11.5 Å². The third-order valence-electron chi connectivity index (χ3n) is 4.81. The van der Waals surface area contributed by atoms with Crippen molar-refractivity contribution in [3.63, 3.8) is 0 Å². The van der Waals surface area contributed by atoms with Crippen LogP contribution in [0, 0.1) is 6.92 Å². The summed E-state index contributed by atoms with van der Waals surface area (Å²) in [6.07, 6.45) is 4.05. The van der Waals surface area contributed by atoms with Crippen molar-refractivity contribution in [2.24, 2.45) is 0 Å². The third kappa shape index (κ3) is 12.7. The lowest BCUT2D eigenvalue weighted by Gasteiger charge is -2.14. The van der Waals surface area contributed by atoms with Crippen molar-refractivity contribution < 1.29 is 32.3 Å². The predicted octanol–water partition coefficient (Wildman–Crippen LogP) is 3.61. The molecule has 0 bridgehead atoms. The molecule has 0 aliphatic rings. The van der Waals surface area contributed by atoms with E-state index in [1.165, 1.54) is 12.1 Å². The molecule has 10 heteroatoms. The maximum atomic E-state index is 11.8. The highest BCUT2D eigenvalue weighted by atomic mass is 32.2. The number of anilines is 1. The van der Waals surface area contributed by atoms with Crippen molar-refractivity contribution in [2.75, 3.05) is 36.8 Å². The molecule has 3 aromatic carbocycles. The van der Waals surface area contributed by atoms with Gasteiger partial charge in [0, 0.05) is 5.69 Å². The second-order valence-electron chi connectivity index (χ2n) is 8.37. The van der Waals surface area contributed by atoms with Gasteiger partial charge < -0.3 is 24.4 Å². The Morgan fingerprint density at radius 3 is 1.97 bits per heavy atom. The second-order valence-corrected chi connectivity index (χ2v) is 12.1. The Bertz CT molecular complexity index is 1180. The fourth-order valence-corrected chi connectivity index (χ4v) is 3.87. The lowest BCUT2D eigenvalue weighted by atomic mass is 10.2. The van der Waals surface area contributed by atoms with Gasteiger partial charge in [-0.3, -0.25) is 4.79 Å². The normalized spacial score (nSPS) is 11.7. The summed E-state index contributed by atoms with van der Waals surface area (Å²) in [5.41, 5.74) is 1.67. The number of amides is 1. The van der Waals surface area contributed by atoms with Crippen molar-refractivity contribution in [3.8, 4) is 11.5 Å². The first-order valence-corrected chi connectivity index (χ1v) is 15.1. The van der Waals surface area contributed by atoms with Crippen LogP contribution < -0.4 is 14.8 Å². The predicted molar refractivity (Wildman–Crippen MR) is 146 cm³/mol. The summed E-state index contributed by atoms with van der Waals surface area (Å²) in [5, 5.41) is 12.8. The number of aryl methyl sites for hydroxylation is 1.